The van der Waals surface area contributed by atoms with E-state index in [1.165, 1.54) is 12.5 Å². The number of primary amides is 1. The lowest BCUT2D eigenvalue weighted by atomic mass is 9.94. The smallest absolute Gasteiger partial charge is 0.214 e. The van der Waals surface area contributed by atoms with Crippen LogP contribution in [-0.4, -0.2) is 32.3 Å². The highest BCUT2D eigenvalue weighted by Crippen LogP contribution is 2.49. The van der Waals surface area contributed by atoms with Crippen molar-refractivity contribution in [1.29, 1.82) is 0 Å². The van der Waals surface area contributed by atoms with Crippen molar-refractivity contribution in [2.75, 3.05) is 21.3 Å². The van der Waals surface area contributed by atoms with E-state index in [0.29, 0.717) is 23.0 Å². The van der Waals surface area contributed by atoms with Gasteiger partial charge in [0, 0.05) is 12.5 Å². The van der Waals surface area contributed by atoms with Crippen LogP contribution in [0.1, 0.15) is 24.5 Å². The average Bonchev–Trinajstić information content (AvgIpc) is 2.77. The van der Waals surface area contributed by atoms with Crippen LogP contribution in [0.5, 0.6) is 23.0 Å². The topological polar surface area (TPSA) is 91.0 Å². The average molecular weight is 359 g/mol. The SMILES string of the molecule is CC(N)=O.COc1cc2c(c(OC)c1OC)-c1ccc(O)cc1CCC2. The number of aryl methyl sites for hydroxylation is 2. The molecule has 0 fully saturated rings. The van der Waals surface area contributed by atoms with Gasteiger partial charge in [-0.1, -0.05) is 6.07 Å². The maximum atomic E-state index is 9.76. The minimum Gasteiger partial charge on any atom is -0.508 e. The van der Waals surface area contributed by atoms with Gasteiger partial charge < -0.3 is 25.1 Å². The summed E-state index contributed by atoms with van der Waals surface area (Å²) in [6, 6.07) is 7.52. The van der Waals surface area contributed by atoms with Crippen molar-refractivity contribution in [1.82, 2.24) is 0 Å². The van der Waals surface area contributed by atoms with Gasteiger partial charge in [0.1, 0.15) is 5.75 Å². The molecule has 0 saturated carbocycles. The Morgan fingerprint density at radius 3 is 2.19 bits per heavy atom. The number of rotatable bonds is 3. The number of amides is 1. The molecular weight excluding hydrogens is 334 g/mol. The number of carbonyl (C=O) groups excluding carboxylic acids is 1. The van der Waals surface area contributed by atoms with Gasteiger partial charge in [-0.15, -0.1) is 0 Å². The third-order valence-corrected chi connectivity index (χ3v) is 4.16. The number of fused-ring (bicyclic) bond motifs is 3. The van der Waals surface area contributed by atoms with E-state index in [1.54, 1.807) is 27.4 Å². The first-order chi connectivity index (χ1) is 12.4. The third-order valence-electron chi connectivity index (χ3n) is 4.16. The number of aromatic hydroxyl groups is 1. The van der Waals surface area contributed by atoms with E-state index in [9.17, 15) is 9.90 Å². The fourth-order valence-electron chi connectivity index (χ4n) is 3.20. The second kappa shape index (κ2) is 8.47. The molecule has 26 heavy (non-hydrogen) atoms. The molecule has 6 nitrogen and oxygen atoms in total. The third kappa shape index (κ3) is 4.02. The predicted octanol–water partition coefficient (Wildman–Crippen LogP) is 3.07. The molecule has 3 rings (SSSR count). The molecule has 3 N–H and O–H groups in total. The van der Waals surface area contributed by atoms with Crippen molar-refractivity contribution < 1.29 is 24.1 Å². The molecule has 1 aliphatic rings. The van der Waals surface area contributed by atoms with Crippen LogP contribution in [-0.2, 0) is 17.6 Å². The normalized spacial score (nSPS) is 11.8. The fraction of sp³-hybridized carbons (Fsp3) is 0.350. The Balaban J connectivity index is 0.000000552. The molecule has 6 heteroatoms. The summed E-state index contributed by atoms with van der Waals surface area (Å²) < 4.78 is 16.6. The highest BCUT2D eigenvalue weighted by atomic mass is 16.5. The van der Waals surface area contributed by atoms with E-state index < -0.39 is 0 Å². The zero-order valence-corrected chi connectivity index (χ0v) is 15.6. The van der Waals surface area contributed by atoms with Gasteiger partial charge in [0.2, 0.25) is 11.7 Å². The summed E-state index contributed by atoms with van der Waals surface area (Å²) in [7, 11) is 4.89. The minimum atomic E-state index is -0.333. The van der Waals surface area contributed by atoms with Gasteiger partial charge in [-0.25, -0.2) is 0 Å². The first kappa shape index (κ1) is 19.4. The molecule has 1 aliphatic carbocycles. The van der Waals surface area contributed by atoms with Crippen molar-refractivity contribution in [3.8, 4) is 34.1 Å². The molecule has 2 aromatic rings. The van der Waals surface area contributed by atoms with E-state index in [0.717, 1.165) is 36.0 Å². The van der Waals surface area contributed by atoms with Crippen LogP contribution in [0.15, 0.2) is 24.3 Å². The Morgan fingerprint density at radius 2 is 1.62 bits per heavy atom. The van der Waals surface area contributed by atoms with Crippen LogP contribution in [0, 0.1) is 0 Å². The van der Waals surface area contributed by atoms with Crippen molar-refractivity contribution in [2.24, 2.45) is 5.73 Å². The number of methoxy groups -OCH3 is 3. The fourth-order valence-corrected chi connectivity index (χ4v) is 3.20. The summed E-state index contributed by atoms with van der Waals surface area (Å²) in [5.74, 6) is 1.93. The summed E-state index contributed by atoms with van der Waals surface area (Å²) in [4.78, 5) is 9.22. The maximum absolute atomic E-state index is 9.76. The van der Waals surface area contributed by atoms with Crippen molar-refractivity contribution in [3.05, 3.63) is 35.4 Å². The van der Waals surface area contributed by atoms with Crippen LogP contribution < -0.4 is 19.9 Å². The van der Waals surface area contributed by atoms with Crippen molar-refractivity contribution in [3.63, 3.8) is 0 Å². The Labute approximate surface area is 153 Å². The number of nitrogens with two attached hydrogens (primary N) is 1. The molecule has 0 unspecified atom stereocenters. The van der Waals surface area contributed by atoms with Gasteiger partial charge in [0.05, 0.1) is 21.3 Å². The highest BCUT2D eigenvalue weighted by Gasteiger charge is 2.25. The molecule has 0 radical (unpaired) electrons. The lowest BCUT2D eigenvalue weighted by Crippen LogP contribution is -2.01. The maximum Gasteiger partial charge on any atom is 0.214 e. The van der Waals surface area contributed by atoms with Gasteiger partial charge >= 0.3 is 0 Å². The standard InChI is InChI=1S/C18H20O4.C2H5NO/c1-20-15-10-12-6-4-5-11-9-13(19)7-8-14(11)16(12)18(22-3)17(15)21-2;1-2(3)4/h7-10,19H,4-6H2,1-3H3;1H3,(H2,3,4). The number of phenolic OH excluding ortho intramolecular Hbond substituents is 1. The molecule has 0 heterocycles. The van der Waals surface area contributed by atoms with Crippen LogP contribution in [0.3, 0.4) is 0 Å². The lowest BCUT2D eigenvalue weighted by Gasteiger charge is -2.19. The monoisotopic (exact) mass is 359 g/mol. The second-order valence-electron chi connectivity index (χ2n) is 5.99. The van der Waals surface area contributed by atoms with Crippen LogP contribution in [0.25, 0.3) is 11.1 Å². The van der Waals surface area contributed by atoms with Gasteiger partial charge in [-0.2, -0.15) is 0 Å². The summed E-state index contributed by atoms with van der Waals surface area (Å²) in [5, 5.41) is 9.76. The van der Waals surface area contributed by atoms with Crippen molar-refractivity contribution in [2.45, 2.75) is 26.2 Å². The van der Waals surface area contributed by atoms with Crippen LogP contribution in [0.4, 0.5) is 0 Å². The molecule has 0 aliphatic heterocycles. The molecule has 0 atom stereocenters. The van der Waals surface area contributed by atoms with E-state index in [-0.39, 0.29) is 5.91 Å². The van der Waals surface area contributed by atoms with Gasteiger partial charge in [-0.3, -0.25) is 4.79 Å². The predicted molar refractivity (Wildman–Crippen MR) is 100 cm³/mol. The number of ether oxygens (including phenoxy) is 3. The summed E-state index contributed by atoms with van der Waals surface area (Å²) >= 11 is 0. The Morgan fingerprint density at radius 1 is 1.00 bits per heavy atom. The van der Waals surface area contributed by atoms with E-state index in [1.807, 2.05) is 18.2 Å². The molecule has 0 spiro atoms. The Kier molecular flexibility index (Phi) is 6.33. The molecule has 1 amide bonds. The van der Waals surface area contributed by atoms with Crippen LogP contribution in [0.2, 0.25) is 0 Å². The molecular formula is C20H25NO5. The zero-order valence-electron chi connectivity index (χ0n) is 15.6. The molecule has 140 valence electrons. The van der Waals surface area contributed by atoms with Crippen LogP contribution >= 0.6 is 0 Å². The number of hydrogen-bond acceptors (Lipinski definition) is 5. The Bertz CT molecular complexity index is 797. The summed E-state index contributed by atoms with van der Waals surface area (Å²) in [6.45, 7) is 1.31. The van der Waals surface area contributed by atoms with Crippen molar-refractivity contribution >= 4 is 5.91 Å². The first-order valence-electron chi connectivity index (χ1n) is 8.33. The highest BCUT2D eigenvalue weighted by molar-refractivity contribution is 5.82. The molecule has 2 aromatic carbocycles. The lowest BCUT2D eigenvalue weighted by molar-refractivity contribution is -0.115. The molecule has 0 aromatic heterocycles. The zero-order chi connectivity index (χ0) is 19.3. The van der Waals surface area contributed by atoms with E-state index in [4.69, 9.17) is 14.2 Å². The minimum absolute atomic E-state index is 0.293. The van der Waals surface area contributed by atoms with E-state index >= 15 is 0 Å². The summed E-state index contributed by atoms with van der Waals surface area (Å²) in [6.07, 6.45) is 2.87. The number of phenols is 1. The number of hydrogen-bond donors (Lipinski definition) is 2. The molecule has 0 bridgehead atoms. The quantitative estimate of drug-likeness (QED) is 0.879. The summed E-state index contributed by atoms with van der Waals surface area (Å²) in [5.41, 5.74) is 8.90. The van der Waals surface area contributed by atoms with Gasteiger partial charge in [0.25, 0.3) is 0 Å². The van der Waals surface area contributed by atoms with Gasteiger partial charge in [-0.05, 0) is 54.2 Å². The largest absolute Gasteiger partial charge is 0.508 e. The Hall–Kier alpha value is -2.89. The first-order valence-corrected chi connectivity index (χ1v) is 8.33. The van der Waals surface area contributed by atoms with Gasteiger partial charge in [0.15, 0.2) is 11.5 Å². The number of benzene rings is 2. The second-order valence-corrected chi connectivity index (χ2v) is 5.99. The molecule has 0 saturated heterocycles. The number of carbonyl (C=O) groups is 1. The van der Waals surface area contributed by atoms with E-state index in [2.05, 4.69) is 5.73 Å².